The molecule has 1 N–H and O–H groups in total. The summed E-state index contributed by atoms with van der Waals surface area (Å²) < 4.78 is 10.3. The van der Waals surface area contributed by atoms with Gasteiger partial charge in [-0.05, 0) is 37.4 Å². The maximum Gasteiger partial charge on any atom is 0.340 e. The second-order valence-corrected chi connectivity index (χ2v) is 5.39. The summed E-state index contributed by atoms with van der Waals surface area (Å²) >= 11 is 1.45. The third kappa shape index (κ3) is 4.14. The van der Waals surface area contributed by atoms with Crippen LogP contribution in [-0.4, -0.2) is 24.2 Å². The zero-order chi connectivity index (χ0) is 15.9. The molecule has 0 saturated heterocycles. The molecule has 1 atom stereocenters. The molecule has 5 nitrogen and oxygen atoms in total. The number of nitrogens with one attached hydrogen (secondary N) is 1. The molecule has 0 radical (unpaired) electrons. The zero-order valence-electron chi connectivity index (χ0n) is 12.4. The number of ether oxygens (including phenoxy) is 1. The van der Waals surface area contributed by atoms with Crippen molar-refractivity contribution in [2.75, 3.05) is 6.26 Å². The Hall–Kier alpha value is -2.21. The van der Waals surface area contributed by atoms with E-state index in [2.05, 4.69) is 5.32 Å². The van der Waals surface area contributed by atoms with Crippen molar-refractivity contribution in [3.8, 4) is 0 Å². The van der Waals surface area contributed by atoms with E-state index < -0.39 is 12.1 Å². The third-order valence-corrected chi connectivity index (χ3v) is 3.79. The number of benzene rings is 1. The highest BCUT2D eigenvalue weighted by Gasteiger charge is 2.20. The molecule has 2 rings (SSSR count). The zero-order valence-corrected chi connectivity index (χ0v) is 13.2. The summed E-state index contributed by atoms with van der Waals surface area (Å²) in [5.74, 6) is -0.239. The van der Waals surface area contributed by atoms with Crippen LogP contribution in [0, 0.1) is 0 Å². The molecule has 2 aromatic rings. The number of carbonyl (C=O) groups is 2. The maximum absolute atomic E-state index is 12.1. The Morgan fingerprint density at radius 1 is 1.27 bits per heavy atom. The fourth-order valence-electron chi connectivity index (χ4n) is 1.82. The van der Waals surface area contributed by atoms with Crippen LogP contribution < -0.4 is 5.32 Å². The minimum absolute atomic E-state index is 0.259. The Balaban J connectivity index is 1.91. The Morgan fingerprint density at radius 2 is 2.05 bits per heavy atom. The largest absolute Gasteiger partial charge is 0.467 e. The smallest absolute Gasteiger partial charge is 0.340 e. The van der Waals surface area contributed by atoms with Crippen LogP contribution in [0.15, 0.2) is 52.0 Å². The summed E-state index contributed by atoms with van der Waals surface area (Å²) in [6.07, 6.45) is 2.54. The number of rotatable bonds is 6. The number of hydrogen-bond acceptors (Lipinski definition) is 5. The van der Waals surface area contributed by atoms with E-state index >= 15 is 0 Å². The SMILES string of the molecule is CSc1ccccc1C(=O)OC(C)C(=O)NCc1ccco1. The van der Waals surface area contributed by atoms with Crippen LogP contribution in [0.3, 0.4) is 0 Å². The minimum atomic E-state index is -0.877. The first-order valence-electron chi connectivity index (χ1n) is 6.76. The van der Waals surface area contributed by atoms with Crippen molar-refractivity contribution < 1.29 is 18.7 Å². The van der Waals surface area contributed by atoms with Crippen molar-refractivity contribution in [2.24, 2.45) is 0 Å². The lowest BCUT2D eigenvalue weighted by Gasteiger charge is -2.14. The molecule has 0 aliphatic carbocycles. The molecule has 1 unspecified atom stereocenters. The summed E-state index contributed by atoms with van der Waals surface area (Å²) in [6.45, 7) is 1.80. The van der Waals surface area contributed by atoms with Gasteiger partial charge < -0.3 is 14.5 Å². The van der Waals surface area contributed by atoms with Gasteiger partial charge in [0.1, 0.15) is 5.76 Å². The fourth-order valence-corrected chi connectivity index (χ4v) is 2.41. The van der Waals surface area contributed by atoms with E-state index in [0.29, 0.717) is 11.3 Å². The van der Waals surface area contributed by atoms with Gasteiger partial charge in [-0.3, -0.25) is 4.79 Å². The van der Waals surface area contributed by atoms with Gasteiger partial charge in [0.15, 0.2) is 6.10 Å². The summed E-state index contributed by atoms with van der Waals surface area (Å²) in [7, 11) is 0. The lowest BCUT2D eigenvalue weighted by Crippen LogP contribution is -2.35. The Bertz CT molecular complexity index is 639. The molecule has 1 aromatic heterocycles. The average molecular weight is 319 g/mol. The van der Waals surface area contributed by atoms with Crippen molar-refractivity contribution in [3.05, 3.63) is 54.0 Å². The van der Waals surface area contributed by atoms with E-state index in [4.69, 9.17) is 9.15 Å². The number of carbonyl (C=O) groups excluding carboxylic acids is 2. The molecule has 0 aliphatic heterocycles. The fraction of sp³-hybridized carbons (Fsp3) is 0.250. The van der Waals surface area contributed by atoms with Gasteiger partial charge >= 0.3 is 5.97 Å². The van der Waals surface area contributed by atoms with Crippen LogP contribution in [0.4, 0.5) is 0 Å². The number of amides is 1. The molecule has 1 amide bonds. The van der Waals surface area contributed by atoms with Gasteiger partial charge in [0.05, 0.1) is 18.4 Å². The predicted octanol–water partition coefficient (Wildman–Crippen LogP) is 2.86. The molecule has 1 aromatic carbocycles. The van der Waals surface area contributed by atoms with Gasteiger partial charge in [0, 0.05) is 4.90 Å². The van der Waals surface area contributed by atoms with Gasteiger partial charge in [0.25, 0.3) is 5.91 Å². The van der Waals surface area contributed by atoms with Crippen LogP contribution in [0.1, 0.15) is 23.0 Å². The summed E-state index contributed by atoms with van der Waals surface area (Å²) in [5.41, 5.74) is 0.459. The number of esters is 1. The molecular formula is C16H17NO4S. The van der Waals surface area contributed by atoms with Gasteiger partial charge in [-0.15, -0.1) is 11.8 Å². The topological polar surface area (TPSA) is 68.5 Å². The first-order chi connectivity index (χ1) is 10.6. The molecule has 116 valence electrons. The molecule has 22 heavy (non-hydrogen) atoms. The number of thioether (sulfide) groups is 1. The lowest BCUT2D eigenvalue weighted by atomic mass is 10.2. The molecule has 1 heterocycles. The van der Waals surface area contributed by atoms with Gasteiger partial charge in [-0.25, -0.2) is 4.79 Å². The highest BCUT2D eigenvalue weighted by molar-refractivity contribution is 7.98. The molecule has 0 aliphatic rings. The second-order valence-electron chi connectivity index (χ2n) is 4.54. The second kappa shape index (κ2) is 7.70. The monoisotopic (exact) mass is 319 g/mol. The Kier molecular flexibility index (Phi) is 5.66. The minimum Gasteiger partial charge on any atom is -0.467 e. The third-order valence-electron chi connectivity index (χ3n) is 3.00. The molecule has 0 bridgehead atoms. The highest BCUT2D eigenvalue weighted by Crippen LogP contribution is 2.21. The first-order valence-corrected chi connectivity index (χ1v) is 7.98. The van der Waals surface area contributed by atoms with Crippen molar-refractivity contribution in [3.63, 3.8) is 0 Å². The van der Waals surface area contributed by atoms with Crippen molar-refractivity contribution in [1.82, 2.24) is 5.32 Å². The molecule has 0 fully saturated rings. The van der Waals surface area contributed by atoms with Crippen molar-refractivity contribution in [1.29, 1.82) is 0 Å². The quantitative estimate of drug-likeness (QED) is 0.655. The summed E-state index contributed by atoms with van der Waals surface area (Å²) in [5, 5.41) is 2.66. The van der Waals surface area contributed by atoms with Crippen LogP contribution in [-0.2, 0) is 16.1 Å². The molecule has 0 saturated carbocycles. The van der Waals surface area contributed by atoms with Gasteiger partial charge in [-0.1, -0.05) is 12.1 Å². The highest BCUT2D eigenvalue weighted by atomic mass is 32.2. The van der Waals surface area contributed by atoms with Crippen molar-refractivity contribution in [2.45, 2.75) is 24.5 Å². The van der Waals surface area contributed by atoms with Gasteiger partial charge in [-0.2, -0.15) is 0 Å². The van der Waals surface area contributed by atoms with Crippen LogP contribution in [0.5, 0.6) is 0 Å². The van der Waals surface area contributed by atoms with E-state index in [1.165, 1.54) is 24.9 Å². The van der Waals surface area contributed by atoms with Gasteiger partial charge in [0.2, 0.25) is 0 Å². The van der Waals surface area contributed by atoms with Crippen LogP contribution in [0.2, 0.25) is 0 Å². The van der Waals surface area contributed by atoms with E-state index in [1.54, 1.807) is 24.3 Å². The molecule has 0 spiro atoms. The summed E-state index contributed by atoms with van der Waals surface area (Å²) in [4.78, 5) is 24.9. The van der Waals surface area contributed by atoms with Crippen molar-refractivity contribution >= 4 is 23.6 Å². The molecule has 6 heteroatoms. The van der Waals surface area contributed by atoms with Crippen LogP contribution >= 0.6 is 11.8 Å². The predicted molar refractivity (Wildman–Crippen MR) is 83.7 cm³/mol. The van der Waals surface area contributed by atoms with Crippen LogP contribution in [0.25, 0.3) is 0 Å². The Labute approximate surface area is 133 Å². The lowest BCUT2D eigenvalue weighted by molar-refractivity contribution is -0.129. The van der Waals surface area contributed by atoms with E-state index in [-0.39, 0.29) is 12.5 Å². The standard InChI is InChI=1S/C16H17NO4S/c1-11(15(18)17-10-12-6-5-9-20-12)21-16(19)13-7-3-4-8-14(13)22-2/h3-9,11H,10H2,1-2H3,(H,17,18). The van der Waals surface area contributed by atoms with E-state index in [1.807, 2.05) is 18.4 Å². The first kappa shape index (κ1) is 16.2. The normalized spacial score (nSPS) is 11.7. The Morgan fingerprint density at radius 3 is 2.73 bits per heavy atom. The number of hydrogen-bond donors (Lipinski definition) is 1. The van der Waals surface area contributed by atoms with E-state index in [0.717, 1.165) is 4.90 Å². The summed E-state index contributed by atoms with van der Waals surface area (Å²) in [6, 6.07) is 10.6. The van der Waals surface area contributed by atoms with E-state index in [9.17, 15) is 9.59 Å². The number of furan rings is 1. The molecular weight excluding hydrogens is 302 g/mol. The maximum atomic E-state index is 12.1. The average Bonchev–Trinajstić information content (AvgIpc) is 3.05.